The molecular weight excluding hydrogens is 387 g/mol. The van der Waals surface area contributed by atoms with Crippen molar-refractivity contribution in [1.82, 2.24) is 0 Å². The minimum absolute atomic E-state index is 0.0140. The van der Waals surface area contributed by atoms with Crippen molar-refractivity contribution in [3.8, 4) is 17.2 Å². The molecule has 0 spiro atoms. The number of rotatable bonds is 7. The van der Waals surface area contributed by atoms with Gasteiger partial charge in [-0.3, -0.25) is 9.79 Å². The summed E-state index contributed by atoms with van der Waals surface area (Å²) in [6.07, 6.45) is 0. The molecule has 0 amide bonds. The lowest BCUT2D eigenvalue weighted by Gasteiger charge is -2.09. The third kappa shape index (κ3) is 5.49. The number of benzene rings is 2. The lowest BCUT2D eigenvalue weighted by Crippen LogP contribution is -2.10. The van der Waals surface area contributed by atoms with E-state index in [4.69, 9.17) is 14.5 Å². The number of hydrogen-bond donors (Lipinski definition) is 2. The third-order valence-corrected chi connectivity index (χ3v) is 6.74. The summed E-state index contributed by atoms with van der Waals surface area (Å²) >= 11 is 1.64. The van der Waals surface area contributed by atoms with Gasteiger partial charge >= 0.3 is 7.82 Å². The fourth-order valence-electron chi connectivity index (χ4n) is 2.06. The van der Waals surface area contributed by atoms with E-state index in [0.29, 0.717) is 11.5 Å². The molecule has 3 rings (SSSR count). The van der Waals surface area contributed by atoms with Crippen molar-refractivity contribution >= 4 is 29.4 Å². The Morgan fingerprint density at radius 1 is 1.00 bits per heavy atom. The Hall–Kier alpha value is -1.51. The lowest BCUT2D eigenvalue weighted by atomic mass is 10.3. The Kier molecular flexibility index (Phi) is 5.13. The molecule has 1 heterocycles. The molecule has 0 bridgehead atoms. The van der Waals surface area contributed by atoms with Crippen LogP contribution in [0.5, 0.6) is 17.2 Å². The maximum absolute atomic E-state index is 12.2. The average Bonchev–Trinajstić information content (AvgIpc) is 3.32. The van der Waals surface area contributed by atoms with Gasteiger partial charge in [-0.2, -0.15) is 11.8 Å². The van der Waals surface area contributed by atoms with E-state index in [1.165, 1.54) is 36.4 Å². The molecule has 1 aliphatic rings. The van der Waals surface area contributed by atoms with Gasteiger partial charge in [-0.05, 0) is 48.5 Å². The highest BCUT2D eigenvalue weighted by Crippen LogP contribution is 2.38. The van der Waals surface area contributed by atoms with Gasteiger partial charge in [0.25, 0.3) is 0 Å². The predicted octanol–water partition coefficient (Wildman–Crippen LogP) is 2.84. The Morgan fingerprint density at radius 2 is 1.48 bits per heavy atom. The number of sulfone groups is 1. The zero-order valence-electron chi connectivity index (χ0n) is 12.8. The summed E-state index contributed by atoms with van der Waals surface area (Å²) in [5.41, 5.74) is 0. The van der Waals surface area contributed by atoms with E-state index in [9.17, 15) is 13.0 Å². The topological polar surface area (TPSA) is 110 Å². The summed E-state index contributed by atoms with van der Waals surface area (Å²) in [4.78, 5) is 17.7. The highest BCUT2D eigenvalue weighted by atomic mass is 32.2. The Labute approximate surface area is 149 Å². The van der Waals surface area contributed by atoms with Crippen LogP contribution in [0.2, 0.25) is 0 Å². The van der Waals surface area contributed by atoms with Gasteiger partial charge in [-0.25, -0.2) is 13.0 Å². The normalized spacial score (nSPS) is 17.1. The molecule has 1 aliphatic heterocycles. The summed E-state index contributed by atoms with van der Waals surface area (Å²) in [5, 5.41) is 0.204. The van der Waals surface area contributed by atoms with E-state index in [0.717, 1.165) is 5.75 Å². The van der Waals surface area contributed by atoms with Crippen molar-refractivity contribution in [2.24, 2.45) is 0 Å². The van der Waals surface area contributed by atoms with E-state index in [1.54, 1.807) is 23.9 Å². The van der Waals surface area contributed by atoms with E-state index in [1.807, 2.05) is 0 Å². The monoisotopic (exact) mass is 402 g/mol. The summed E-state index contributed by atoms with van der Waals surface area (Å²) in [6.45, 7) is 0. The number of phosphoric ester groups is 1. The molecule has 10 heteroatoms. The van der Waals surface area contributed by atoms with Crippen LogP contribution in [0.1, 0.15) is 0 Å². The molecular formula is C15H15O7PS2. The number of thioether (sulfide) groups is 1. The fraction of sp³-hybridized carbons (Fsp3) is 0.200. The van der Waals surface area contributed by atoms with Crippen LogP contribution in [0.15, 0.2) is 53.4 Å². The molecule has 0 aromatic heterocycles. The predicted molar refractivity (Wildman–Crippen MR) is 93.9 cm³/mol. The van der Waals surface area contributed by atoms with Crippen molar-refractivity contribution in [3.63, 3.8) is 0 Å². The maximum atomic E-state index is 12.2. The molecule has 25 heavy (non-hydrogen) atoms. The van der Waals surface area contributed by atoms with Crippen molar-refractivity contribution in [3.05, 3.63) is 48.5 Å². The van der Waals surface area contributed by atoms with Gasteiger partial charge in [0.15, 0.2) is 9.84 Å². The van der Waals surface area contributed by atoms with Gasteiger partial charge < -0.3 is 9.26 Å². The van der Waals surface area contributed by atoms with Crippen molar-refractivity contribution in [2.45, 2.75) is 10.1 Å². The third-order valence-electron chi connectivity index (χ3n) is 3.27. The van der Waals surface area contributed by atoms with Gasteiger partial charge in [-0.15, -0.1) is 0 Å². The van der Waals surface area contributed by atoms with Gasteiger partial charge in [0.2, 0.25) is 0 Å². The molecule has 2 aromatic rings. The zero-order valence-corrected chi connectivity index (χ0v) is 15.3. The van der Waals surface area contributed by atoms with Crippen LogP contribution in [-0.2, 0) is 14.4 Å². The second-order valence-corrected chi connectivity index (χ2v) is 9.89. The number of ether oxygens (including phenoxy) is 1. The first kappa shape index (κ1) is 18.3. The molecule has 0 saturated carbocycles. The van der Waals surface area contributed by atoms with Crippen molar-refractivity contribution in [1.29, 1.82) is 0 Å². The van der Waals surface area contributed by atoms with Gasteiger partial charge in [0.1, 0.15) is 17.2 Å². The largest absolute Gasteiger partial charge is 0.524 e. The Bertz CT molecular complexity index is 884. The second kappa shape index (κ2) is 7.01. The number of hydrogen-bond acceptors (Lipinski definition) is 6. The Balaban J connectivity index is 1.66. The summed E-state index contributed by atoms with van der Waals surface area (Å²) in [5.74, 6) is 1.92. The minimum Gasteiger partial charge on any atom is -0.457 e. The SMILES string of the molecule is O=P(O)(O)Oc1ccc(Oc2ccc(S(=O)(=O)CC3CS3)cc2)cc1. The molecule has 2 aromatic carbocycles. The standard InChI is InChI=1S/C15H15O7PS2/c16-23(17,18)22-13-3-1-11(2-4-13)21-12-5-7-15(8-6-12)25(19,20)10-14-9-24-14/h1-8,14H,9-10H2,(H2,16,17,18). The molecule has 2 N–H and O–H groups in total. The molecule has 0 radical (unpaired) electrons. The summed E-state index contributed by atoms with van der Waals surface area (Å²) in [6, 6.07) is 11.8. The first-order valence-corrected chi connectivity index (χ1v) is 11.4. The van der Waals surface area contributed by atoms with E-state index in [-0.39, 0.29) is 21.6 Å². The van der Waals surface area contributed by atoms with E-state index >= 15 is 0 Å². The summed E-state index contributed by atoms with van der Waals surface area (Å²) in [7, 11) is -7.87. The van der Waals surface area contributed by atoms with Gasteiger partial charge in [-0.1, -0.05) is 0 Å². The zero-order chi connectivity index (χ0) is 18.1. The summed E-state index contributed by atoms with van der Waals surface area (Å²) < 4.78 is 45.1. The Morgan fingerprint density at radius 3 is 1.96 bits per heavy atom. The first-order valence-electron chi connectivity index (χ1n) is 7.19. The van der Waals surface area contributed by atoms with Crippen LogP contribution < -0.4 is 9.26 Å². The van der Waals surface area contributed by atoms with Gasteiger partial charge in [0, 0.05) is 11.0 Å². The first-order chi connectivity index (χ1) is 11.7. The van der Waals surface area contributed by atoms with Crippen LogP contribution in [0.25, 0.3) is 0 Å². The molecule has 0 aliphatic carbocycles. The molecule has 1 fully saturated rings. The molecule has 1 atom stereocenters. The maximum Gasteiger partial charge on any atom is 0.524 e. The van der Waals surface area contributed by atoms with E-state index in [2.05, 4.69) is 4.52 Å². The highest BCUT2D eigenvalue weighted by molar-refractivity contribution is 8.08. The van der Waals surface area contributed by atoms with Crippen LogP contribution in [0.4, 0.5) is 0 Å². The number of phosphoric acid groups is 1. The van der Waals surface area contributed by atoms with Gasteiger partial charge in [0.05, 0.1) is 10.6 Å². The van der Waals surface area contributed by atoms with Crippen LogP contribution >= 0.6 is 19.6 Å². The average molecular weight is 402 g/mol. The van der Waals surface area contributed by atoms with Crippen molar-refractivity contribution < 1.29 is 32.0 Å². The lowest BCUT2D eigenvalue weighted by molar-refractivity contribution is 0.283. The quantitative estimate of drug-likeness (QED) is 0.537. The highest BCUT2D eigenvalue weighted by Gasteiger charge is 2.29. The molecule has 7 nitrogen and oxygen atoms in total. The van der Waals surface area contributed by atoms with Crippen LogP contribution in [0.3, 0.4) is 0 Å². The minimum atomic E-state index is -4.60. The second-order valence-electron chi connectivity index (χ2n) is 5.36. The molecule has 134 valence electrons. The van der Waals surface area contributed by atoms with Crippen LogP contribution in [0, 0.1) is 0 Å². The van der Waals surface area contributed by atoms with E-state index < -0.39 is 17.7 Å². The molecule has 1 unspecified atom stereocenters. The van der Waals surface area contributed by atoms with Crippen molar-refractivity contribution in [2.75, 3.05) is 11.5 Å². The molecule has 1 saturated heterocycles. The smallest absolute Gasteiger partial charge is 0.457 e. The van der Waals surface area contributed by atoms with Crippen LogP contribution in [-0.4, -0.2) is 35.0 Å². The fourth-order valence-corrected chi connectivity index (χ4v) is 5.13.